The van der Waals surface area contributed by atoms with Crippen molar-refractivity contribution in [2.75, 3.05) is 0 Å². The lowest BCUT2D eigenvalue weighted by Crippen LogP contribution is -1.81. The van der Waals surface area contributed by atoms with E-state index in [2.05, 4.69) is 69.3 Å². The number of hydrogen-bond acceptors (Lipinski definition) is 0. The molecule has 92 valence electrons. The zero-order valence-corrected chi connectivity index (χ0v) is 11.3. The summed E-state index contributed by atoms with van der Waals surface area (Å²) in [5.74, 6) is 0.735. The summed E-state index contributed by atoms with van der Waals surface area (Å²) in [6, 6.07) is 8.68. The maximum absolute atomic E-state index is 2.26. The Balaban J connectivity index is 2.62. The molecule has 0 aromatic heterocycles. The molecule has 0 amide bonds. The first kappa shape index (κ1) is 13.8. The summed E-state index contributed by atoms with van der Waals surface area (Å²) in [6.45, 7) is 6.69. The van der Waals surface area contributed by atoms with Gasteiger partial charge in [-0.25, -0.2) is 0 Å². The van der Waals surface area contributed by atoms with E-state index in [4.69, 9.17) is 0 Å². The van der Waals surface area contributed by atoms with Crippen molar-refractivity contribution in [2.45, 2.75) is 40.0 Å². The predicted molar refractivity (Wildman–Crippen MR) is 78.9 cm³/mol. The molecule has 0 heteroatoms. The van der Waals surface area contributed by atoms with Crippen LogP contribution in [0.4, 0.5) is 0 Å². The van der Waals surface area contributed by atoms with Crippen molar-refractivity contribution in [2.24, 2.45) is 5.92 Å². The summed E-state index contributed by atoms with van der Waals surface area (Å²) in [7, 11) is 0. The summed E-state index contributed by atoms with van der Waals surface area (Å²) < 4.78 is 0. The normalized spacial score (nSPS) is 12.0. The minimum absolute atomic E-state index is 0.735. The van der Waals surface area contributed by atoms with E-state index >= 15 is 0 Å². The number of hydrogen-bond donors (Lipinski definition) is 0. The quantitative estimate of drug-likeness (QED) is 0.598. The van der Waals surface area contributed by atoms with Gasteiger partial charge in [0.25, 0.3) is 0 Å². The van der Waals surface area contributed by atoms with E-state index in [9.17, 15) is 0 Å². The maximum atomic E-state index is 2.26. The van der Waals surface area contributed by atoms with Crippen LogP contribution in [0.15, 0.2) is 36.4 Å². The van der Waals surface area contributed by atoms with E-state index in [-0.39, 0.29) is 0 Å². The van der Waals surface area contributed by atoms with E-state index in [0.717, 1.165) is 18.8 Å². The van der Waals surface area contributed by atoms with Gasteiger partial charge in [-0.2, -0.15) is 0 Å². The standard InChI is InChI=1S/C17H24/c1-4-5-6-10-16-12-8-13-17(14-16)11-7-9-15(2)3/h6-8,10-15H,4-5,9H2,1-3H3/b10-6+,11-7+. The van der Waals surface area contributed by atoms with Gasteiger partial charge in [0.15, 0.2) is 0 Å². The third-order valence-electron chi connectivity index (χ3n) is 2.59. The molecular weight excluding hydrogens is 204 g/mol. The summed E-state index contributed by atoms with van der Waals surface area (Å²) in [6.07, 6.45) is 12.5. The van der Waals surface area contributed by atoms with Crippen LogP contribution in [-0.2, 0) is 0 Å². The molecule has 0 saturated heterocycles. The Hall–Kier alpha value is -1.30. The van der Waals surface area contributed by atoms with Crippen LogP contribution in [0.5, 0.6) is 0 Å². The second kappa shape index (κ2) is 7.89. The Morgan fingerprint density at radius 2 is 1.71 bits per heavy atom. The molecule has 0 atom stereocenters. The molecule has 0 radical (unpaired) electrons. The van der Waals surface area contributed by atoms with Crippen molar-refractivity contribution < 1.29 is 0 Å². The molecule has 0 aliphatic heterocycles. The van der Waals surface area contributed by atoms with Crippen LogP contribution < -0.4 is 0 Å². The van der Waals surface area contributed by atoms with Gasteiger partial charge in [-0.15, -0.1) is 0 Å². The highest BCUT2D eigenvalue weighted by atomic mass is 14.0. The Labute approximate surface area is 106 Å². The van der Waals surface area contributed by atoms with E-state index in [1.807, 2.05) is 0 Å². The van der Waals surface area contributed by atoms with Gasteiger partial charge in [-0.05, 0) is 36.0 Å². The molecule has 0 unspecified atom stereocenters. The van der Waals surface area contributed by atoms with Crippen LogP contribution in [0.1, 0.15) is 51.2 Å². The van der Waals surface area contributed by atoms with Gasteiger partial charge in [0.1, 0.15) is 0 Å². The fourth-order valence-corrected chi connectivity index (χ4v) is 1.63. The van der Waals surface area contributed by atoms with E-state index in [0.29, 0.717) is 0 Å². The maximum Gasteiger partial charge on any atom is -0.0254 e. The third kappa shape index (κ3) is 6.11. The molecule has 0 spiro atoms. The fourth-order valence-electron chi connectivity index (χ4n) is 1.63. The van der Waals surface area contributed by atoms with Crippen LogP contribution in [0.2, 0.25) is 0 Å². The molecule has 17 heavy (non-hydrogen) atoms. The molecule has 0 N–H and O–H groups in total. The average Bonchev–Trinajstić information content (AvgIpc) is 2.29. The summed E-state index contributed by atoms with van der Waals surface area (Å²) in [5, 5.41) is 0. The zero-order chi connectivity index (χ0) is 12.5. The summed E-state index contributed by atoms with van der Waals surface area (Å²) in [4.78, 5) is 0. The third-order valence-corrected chi connectivity index (χ3v) is 2.59. The van der Waals surface area contributed by atoms with E-state index in [1.165, 1.54) is 17.5 Å². The lowest BCUT2D eigenvalue weighted by Gasteiger charge is -1.99. The van der Waals surface area contributed by atoms with Crippen LogP contribution >= 0.6 is 0 Å². The smallest absolute Gasteiger partial charge is 0.0254 e. The first-order valence-electron chi connectivity index (χ1n) is 6.65. The molecular formula is C17H24. The minimum atomic E-state index is 0.735. The van der Waals surface area contributed by atoms with Gasteiger partial charge in [0.05, 0.1) is 0 Å². The zero-order valence-electron chi connectivity index (χ0n) is 11.3. The van der Waals surface area contributed by atoms with Gasteiger partial charge < -0.3 is 0 Å². The van der Waals surface area contributed by atoms with Crippen molar-refractivity contribution in [3.05, 3.63) is 47.5 Å². The minimum Gasteiger partial charge on any atom is -0.0840 e. The molecule has 0 fully saturated rings. The van der Waals surface area contributed by atoms with Crippen LogP contribution in [0.3, 0.4) is 0 Å². The predicted octanol–water partition coefficient (Wildman–Crippen LogP) is 5.56. The molecule has 0 saturated carbocycles. The highest BCUT2D eigenvalue weighted by Gasteiger charge is 1.91. The summed E-state index contributed by atoms with van der Waals surface area (Å²) in [5.41, 5.74) is 2.59. The number of allylic oxidation sites excluding steroid dienone is 2. The lowest BCUT2D eigenvalue weighted by molar-refractivity contribution is 0.665. The number of rotatable bonds is 6. The fraction of sp³-hybridized carbons (Fsp3) is 0.412. The Kier molecular flexibility index (Phi) is 6.39. The second-order valence-corrected chi connectivity index (χ2v) is 4.89. The molecule has 0 aliphatic rings. The van der Waals surface area contributed by atoms with E-state index < -0.39 is 0 Å². The molecule has 0 bridgehead atoms. The van der Waals surface area contributed by atoms with Gasteiger partial charge in [-0.1, -0.05) is 69.7 Å². The molecule has 0 nitrogen and oxygen atoms in total. The molecule has 0 aliphatic carbocycles. The van der Waals surface area contributed by atoms with Gasteiger partial charge in [-0.3, -0.25) is 0 Å². The van der Waals surface area contributed by atoms with Gasteiger partial charge >= 0.3 is 0 Å². The molecule has 1 aromatic rings. The Morgan fingerprint density at radius 1 is 1.06 bits per heavy atom. The van der Waals surface area contributed by atoms with Crippen LogP contribution in [-0.4, -0.2) is 0 Å². The molecule has 1 rings (SSSR count). The lowest BCUT2D eigenvalue weighted by atomic mass is 10.1. The van der Waals surface area contributed by atoms with Crippen molar-refractivity contribution in [3.8, 4) is 0 Å². The van der Waals surface area contributed by atoms with Crippen molar-refractivity contribution in [1.82, 2.24) is 0 Å². The van der Waals surface area contributed by atoms with Crippen molar-refractivity contribution in [3.63, 3.8) is 0 Å². The average molecular weight is 228 g/mol. The Morgan fingerprint density at radius 3 is 2.29 bits per heavy atom. The second-order valence-electron chi connectivity index (χ2n) is 4.89. The van der Waals surface area contributed by atoms with Crippen LogP contribution in [0.25, 0.3) is 12.2 Å². The number of unbranched alkanes of at least 4 members (excludes halogenated alkanes) is 1. The monoisotopic (exact) mass is 228 g/mol. The highest BCUT2D eigenvalue weighted by Crippen LogP contribution is 2.11. The topological polar surface area (TPSA) is 0 Å². The highest BCUT2D eigenvalue weighted by molar-refractivity contribution is 5.57. The summed E-state index contributed by atoms with van der Waals surface area (Å²) >= 11 is 0. The largest absolute Gasteiger partial charge is 0.0840 e. The van der Waals surface area contributed by atoms with Gasteiger partial charge in [0.2, 0.25) is 0 Å². The van der Waals surface area contributed by atoms with Gasteiger partial charge in [0, 0.05) is 0 Å². The van der Waals surface area contributed by atoms with Crippen molar-refractivity contribution >= 4 is 12.2 Å². The Bertz CT molecular complexity index is 369. The molecule has 1 aromatic carbocycles. The first-order chi connectivity index (χ1) is 8.22. The van der Waals surface area contributed by atoms with Crippen LogP contribution in [0, 0.1) is 5.92 Å². The SMILES string of the molecule is CCC/C=C/c1cccc(/C=C/CC(C)C)c1. The van der Waals surface area contributed by atoms with E-state index in [1.54, 1.807) is 0 Å². The molecule has 0 heterocycles. The number of benzene rings is 1. The first-order valence-corrected chi connectivity index (χ1v) is 6.65. The van der Waals surface area contributed by atoms with Crippen molar-refractivity contribution in [1.29, 1.82) is 0 Å².